The molecule has 504 valence electrons. The van der Waals surface area contributed by atoms with Crippen LogP contribution in [0.25, 0.3) is 0 Å². The van der Waals surface area contributed by atoms with Gasteiger partial charge in [-0.1, -0.05) is 99.0 Å². The first-order valence-corrected chi connectivity index (χ1v) is 32.0. The number of carbonyl (C=O) groups excluding carboxylic acids is 11. The summed E-state index contributed by atoms with van der Waals surface area (Å²) in [6, 6.07) is -4.72. The summed E-state index contributed by atoms with van der Waals surface area (Å²) in [7, 11) is 9.98. The van der Waals surface area contributed by atoms with Crippen LogP contribution in [-0.4, -0.2) is 228 Å². The predicted octanol–water partition coefficient (Wildman–Crippen LogP) is 4.60. The van der Waals surface area contributed by atoms with Gasteiger partial charge in [0.1, 0.15) is 47.6 Å². The number of amides is 11. The minimum atomic E-state index is -4.99. The van der Waals surface area contributed by atoms with Gasteiger partial charge in [-0.25, -0.2) is 4.39 Å². The minimum absolute atomic E-state index is 0.0175. The normalized spacial score (nSPS) is 25.6. The molecular weight excluding hydrogens is 1170 g/mol. The molecule has 2 aliphatic heterocycles. The third-order valence-electron chi connectivity index (χ3n) is 18.8. The van der Waals surface area contributed by atoms with Gasteiger partial charge >= 0.3 is 6.18 Å². The van der Waals surface area contributed by atoms with Crippen LogP contribution in [0.15, 0.2) is 18.2 Å². The number of hydrogen-bond acceptors (Lipinski definition) is 11. The zero-order valence-electron chi connectivity index (χ0n) is 55.1. The van der Waals surface area contributed by atoms with Crippen molar-refractivity contribution in [3.8, 4) is 0 Å². The van der Waals surface area contributed by atoms with Crippen molar-refractivity contribution in [1.82, 2.24) is 55.1 Å². The lowest BCUT2D eigenvalue weighted by molar-refractivity contribution is -0.152. The topological polar surface area (TPSA) is 250 Å². The first-order chi connectivity index (χ1) is 42.1. The second kappa shape index (κ2) is 32.4. The van der Waals surface area contributed by atoms with E-state index >= 15 is 4.79 Å². The number of benzene rings is 1. The predicted molar refractivity (Wildman–Crippen MR) is 327 cm³/mol. The molecule has 1 aromatic rings. The average molecular weight is 1270 g/mol. The fraction of sp³-hybridized carbons (Fsp3) is 0.734. The second-order valence-corrected chi connectivity index (χ2v) is 26.5. The fourth-order valence-electron chi connectivity index (χ4n) is 13.0. The number of nitrogens with one attached hydrogen (secondary N) is 3. The number of nitrogens with zero attached hydrogens (tertiary/aromatic N) is 8. The van der Waals surface area contributed by atoms with E-state index in [1.54, 1.807) is 20.8 Å². The quantitative estimate of drug-likeness (QED) is 0.273. The van der Waals surface area contributed by atoms with Crippen molar-refractivity contribution in [1.29, 1.82) is 0 Å². The molecule has 2 heterocycles. The Labute approximate surface area is 528 Å². The molecule has 3 N–H and O–H groups in total. The molecule has 1 unspecified atom stereocenters. The number of fused-ring (bicyclic) bond motifs is 1. The van der Waals surface area contributed by atoms with Crippen LogP contribution < -0.4 is 16.0 Å². The molecule has 5 rings (SSSR count). The van der Waals surface area contributed by atoms with E-state index in [1.165, 1.54) is 73.8 Å². The molecule has 2 saturated heterocycles. The van der Waals surface area contributed by atoms with Crippen LogP contribution in [0.2, 0.25) is 0 Å². The smallest absolute Gasteiger partial charge is 0.343 e. The molecule has 11 amide bonds. The summed E-state index contributed by atoms with van der Waals surface area (Å²) in [5.74, 6) is -9.47. The van der Waals surface area contributed by atoms with Crippen molar-refractivity contribution in [3.05, 3.63) is 35.1 Å². The van der Waals surface area contributed by atoms with Crippen molar-refractivity contribution in [2.45, 2.75) is 199 Å². The molecule has 26 heteroatoms. The first-order valence-electron chi connectivity index (χ1n) is 32.0. The fourth-order valence-corrected chi connectivity index (χ4v) is 13.0. The number of likely N-dealkylation sites (N-methyl/N-ethyl adjacent to an activating group) is 7. The third kappa shape index (κ3) is 18.9. The van der Waals surface area contributed by atoms with Crippen LogP contribution in [0.4, 0.5) is 17.6 Å². The lowest BCUT2D eigenvalue weighted by Crippen LogP contribution is -2.64. The SMILES string of the molecule is CCC(C)[C@@H]1NC(=O)[C@H](CC(C)C)N(C)C(=O)CCN(C)C(=O)[C@H](C(C)C)N(C)C(=O)C2(CCCC2)NC(=O)[C@@H]2CCCN2C(=O)[C@H](CCc2ccc(C(F)(F)F)c(F)c2)NC(=O)CN(C)C(=O)[C@H](CC2CCCCC2)N(C)C(=O)CN(C)C(=O)CN(C)C1=O. The summed E-state index contributed by atoms with van der Waals surface area (Å²) in [4.78, 5) is 169. The molecule has 90 heavy (non-hydrogen) atoms. The number of alkyl halides is 3. The molecule has 0 aromatic heterocycles. The zero-order chi connectivity index (χ0) is 67.3. The summed E-state index contributed by atoms with van der Waals surface area (Å²) in [6.07, 6.45) is 1.39. The van der Waals surface area contributed by atoms with Gasteiger partial charge in [-0.05, 0) is 92.7 Å². The van der Waals surface area contributed by atoms with Gasteiger partial charge in [0.05, 0.1) is 25.2 Å². The van der Waals surface area contributed by atoms with Gasteiger partial charge in [-0.2, -0.15) is 13.2 Å². The number of carbonyl (C=O) groups is 11. The number of aryl methyl sites for hydroxylation is 1. The summed E-state index contributed by atoms with van der Waals surface area (Å²) in [6.45, 7) is 9.12. The first kappa shape index (κ1) is 73.8. The molecule has 4 fully saturated rings. The minimum Gasteiger partial charge on any atom is -0.343 e. The Kier molecular flexibility index (Phi) is 26.6. The summed E-state index contributed by atoms with van der Waals surface area (Å²) in [5.41, 5.74) is -2.94. The van der Waals surface area contributed by atoms with Crippen molar-refractivity contribution < 1.29 is 70.3 Å². The van der Waals surface area contributed by atoms with Gasteiger partial charge in [-0.15, -0.1) is 0 Å². The Hall–Kier alpha value is -6.89. The van der Waals surface area contributed by atoms with Gasteiger partial charge in [0.25, 0.3) is 0 Å². The van der Waals surface area contributed by atoms with E-state index < -0.39 is 156 Å². The molecule has 7 atom stereocenters. The molecular formula is C64H99F4N11O11. The molecule has 0 radical (unpaired) electrons. The number of rotatable bonds is 10. The molecule has 2 saturated carbocycles. The summed E-state index contributed by atoms with van der Waals surface area (Å²) in [5, 5.41) is 8.55. The van der Waals surface area contributed by atoms with Crippen molar-refractivity contribution in [3.63, 3.8) is 0 Å². The Morgan fingerprint density at radius 3 is 1.82 bits per heavy atom. The van der Waals surface area contributed by atoms with E-state index in [4.69, 9.17) is 0 Å². The van der Waals surface area contributed by atoms with Crippen LogP contribution in [0.5, 0.6) is 0 Å². The second-order valence-electron chi connectivity index (χ2n) is 26.5. The molecule has 1 spiro atoms. The maximum atomic E-state index is 15.0. The molecule has 22 nitrogen and oxygen atoms in total. The van der Waals surface area contributed by atoms with E-state index in [2.05, 4.69) is 16.0 Å². The van der Waals surface area contributed by atoms with Crippen LogP contribution in [0.1, 0.15) is 155 Å². The zero-order valence-corrected chi connectivity index (χ0v) is 55.1. The van der Waals surface area contributed by atoms with E-state index in [0.29, 0.717) is 37.8 Å². The lowest BCUT2D eigenvalue weighted by atomic mass is 9.84. The van der Waals surface area contributed by atoms with E-state index in [9.17, 15) is 65.5 Å². The lowest BCUT2D eigenvalue weighted by Gasteiger charge is -2.40. The molecule has 0 bridgehead atoms. The summed E-state index contributed by atoms with van der Waals surface area (Å²) < 4.78 is 55.7. The van der Waals surface area contributed by atoms with Gasteiger partial charge in [0, 0.05) is 68.8 Å². The monoisotopic (exact) mass is 1270 g/mol. The van der Waals surface area contributed by atoms with E-state index in [0.717, 1.165) is 52.9 Å². The summed E-state index contributed by atoms with van der Waals surface area (Å²) >= 11 is 0. The highest BCUT2D eigenvalue weighted by atomic mass is 19.4. The molecule has 1 aromatic carbocycles. The Bertz CT molecular complexity index is 2760. The van der Waals surface area contributed by atoms with Crippen LogP contribution in [0.3, 0.4) is 0 Å². The van der Waals surface area contributed by atoms with Gasteiger partial charge in [0.2, 0.25) is 65.0 Å². The highest BCUT2D eigenvalue weighted by Gasteiger charge is 2.50. The molecule has 4 aliphatic rings. The van der Waals surface area contributed by atoms with Crippen molar-refractivity contribution in [2.24, 2.45) is 23.7 Å². The number of halogens is 4. The van der Waals surface area contributed by atoms with Crippen LogP contribution in [-0.2, 0) is 65.3 Å². The Morgan fingerprint density at radius 1 is 0.622 bits per heavy atom. The van der Waals surface area contributed by atoms with Gasteiger partial charge < -0.3 is 55.1 Å². The van der Waals surface area contributed by atoms with Crippen LogP contribution >= 0.6 is 0 Å². The highest BCUT2D eigenvalue weighted by Crippen LogP contribution is 2.35. The average Bonchev–Trinajstić information content (AvgIpc) is 1.63. The standard InChI is InChI=1S/C64H99F4N11O11/c1-14-41(6)54-60(88)75(10)37-52(82)73(8)38-53(83)77(12)49(35-42-21-16-15-17-22-42)59(87)74(9)36-50(80)69-46(27-25-43-24-26-44(45(65)34-43)64(66,67)68)58(86)79-31-20-23-47(79)57(85)71-63(29-18-19-30-63)62(90)78(13)55(40(4)5)61(89)72(7)32-28-51(81)76(11)48(33-39(2)3)56(84)70-54/h24,26,34,39-42,46-49,54-55H,14-23,25,27-33,35-38H2,1-13H3,(H,69,80)(H,70,84)(H,71,85)/t41?,46-,47-,48-,49-,54-,55-/m0/s1. The largest absolute Gasteiger partial charge is 0.419 e. The van der Waals surface area contributed by atoms with Crippen LogP contribution in [0, 0.1) is 29.5 Å². The Balaban J connectivity index is 1.54. The third-order valence-corrected chi connectivity index (χ3v) is 18.8. The highest BCUT2D eigenvalue weighted by molar-refractivity contribution is 5.99. The maximum absolute atomic E-state index is 15.0. The maximum Gasteiger partial charge on any atom is 0.419 e. The number of hydrogen-bond donors (Lipinski definition) is 3. The van der Waals surface area contributed by atoms with Gasteiger partial charge in [0.15, 0.2) is 0 Å². The van der Waals surface area contributed by atoms with Crippen molar-refractivity contribution >= 4 is 65.0 Å². The van der Waals surface area contributed by atoms with E-state index in [-0.39, 0.29) is 81.9 Å². The van der Waals surface area contributed by atoms with E-state index in [1.807, 2.05) is 20.8 Å². The Morgan fingerprint density at radius 2 is 1.23 bits per heavy atom. The molecule has 2 aliphatic carbocycles. The van der Waals surface area contributed by atoms with Gasteiger partial charge in [-0.3, -0.25) is 52.7 Å². The van der Waals surface area contributed by atoms with Crippen molar-refractivity contribution in [2.75, 3.05) is 82.1 Å².